The average molecular weight is 715 g/mol. The molecule has 272 valence electrons. The highest BCUT2D eigenvalue weighted by Gasteiger charge is 2.38. The zero-order chi connectivity index (χ0) is 37.4. The number of pyridine rings is 2. The number of fused-ring (bicyclic) bond motifs is 1. The fourth-order valence-corrected chi connectivity index (χ4v) is 6.00. The molecule has 0 saturated carbocycles. The van der Waals surface area contributed by atoms with Gasteiger partial charge in [-0.15, -0.1) is 0 Å². The van der Waals surface area contributed by atoms with Gasteiger partial charge in [-0.2, -0.15) is 4.90 Å². The molecule has 1 aliphatic rings. The molecule has 6 rings (SSSR count). The molecule has 0 radical (unpaired) electrons. The molecule has 1 unspecified atom stereocenters. The van der Waals surface area contributed by atoms with Gasteiger partial charge in [0.25, 0.3) is 0 Å². The van der Waals surface area contributed by atoms with E-state index in [0.29, 0.717) is 52.5 Å². The highest BCUT2D eigenvalue weighted by Crippen LogP contribution is 2.36. The first-order chi connectivity index (χ1) is 24.5. The molecular weight excluding hydrogens is 674 g/mol. The number of anilines is 2. The van der Waals surface area contributed by atoms with Gasteiger partial charge in [0, 0.05) is 18.3 Å². The second-order valence-electron chi connectivity index (χ2n) is 14.6. The first kappa shape index (κ1) is 36.2. The van der Waals surface area contributed by atoms with Gasteiger partial charge in [-0.3, -0.25) is 9.97 Å². The number of imide groups is 1. The Labute approximate surface area is 299 Å². The van der Waals surface area contributed by atoms with Crippen molar-refractivity contribution in [3.63, 3.8) is 0 Å². The second-order valence-corrected chi connectivity index (χ2v) is 14.6. The molecule has 5 heterocycles. The van der Waals surface area contributed by atoms with Gasteiger partial charge in [0.2, 0.25) is 0 Å². The average Bonchev–Trinajstić information content (AvgIpc) is 3.48. The Morgan fingerprint density at radius 1 is 0.923 bits per heavy atom. The maximum atomic E-state index is 14.3. The third-order valence-corrected chi connectivity index (χ3v) is 8.22. The fourth-order valence-electron chi connectivity index (χ4n) is 6.00. The van der Waals surface area contributed by atoms with Crippen LogP contribution in [-0.4, -0.2) is 71.1 Å². The van der Waals surface area contributed by atoms with Crippen LogP contribution in [0.3, 0.4) is 0 Å². The summed E-state index contributed by atoms with van der Waals surface area (Å²) in [7, 11) is 0. The monoisotopic (exact) mass is 714 g/mol. The van der Waals surface area contributed by atoms with Gasteiger partial charge in [-0.25, -0.2) is 33.3 Å². The SMILES string of the molecule is CC(C)(C)OC(=O)N(C(=O)OC(C)(C)C)c1ncnc2c1ncn2Cc1cc(-c2ccc(F)c(F)c2)ncc1N1CCCC(O)(c2ccccn2)C1. The summed E-state index contributed by atoms with van der Waals surface area (Å²) in [5.41, 5.74) is -0.0386. The number of hydrogen-bond donors (Lipinski definition) is 1. The Bertz CT molecular complexity index is 2090. The van der Waals surface area contributed by atoms with Gasteiger partial charge < -0.3 is 24.0 Å². The van der Waals surface area contributed by atoms with E-state index < -0.39 is 40.6 Å². The summed E-state index contributed by atoms with van der Waals surface area (Å²) in [5.74, 6) is -2.12. The van der Waals surface area contributed by atoms with Gasteiger partial charge in [0.05, 0.1) is 42.7 Å². The number of nitrogens with zero attached hydrogens (tertiary/aromatic N) is 8. The van der Waals surface area contributed by atoms with Crippen LogP contribution in [0.15, 0.2) is 67.5 Å². The number of piperidine rings is 1. The van der Waals surface area contributed by atoms with Crippen molar-refractivity contribution in [2.24, 2.45) is 0 Å². The third kappa shape index (κ3) is 7.83. The summed E-state index contributed by atoms with van der Waals surface area (Å²) in [4.78, 5) is 51.8. The number of amides is 2. The third-order valence-electron chi connectivity index (χ3n) is 8.22. The van der Waals surface area contributed by atoms with Crippen molar-refractivity contribution in [3.05, 3.63) is 90.4 Å². The number of carbonyl (C=O) groups excluding carboxylic acids is 2. The molecule has 0 aliphatic carbocycles. The smallest absolute Gasteiger partial charge is 0.425 e. The largest absolute Gasteiger partial charge is 0.443 e. The zero-order valence-electron chi connectivity index (χ0n) is 29.8. The molecule has 1 N–H and O–H groups in total. The quantitative estimate of drug-likeness (QED) is 0.199. The molecule has 0 spiro atoms. The first-order valence-electron chi connectivity index (χ1n) is 16.8. The summed E-state index contributed by atoms with van der Waals surface area (Å²) >= 11 is 0. The molecule has 1 fully saturated rings. The van der Waals surface area contributed by atoms with E-state index in [9.17, 15) is 23.5 Å². The van der Waals surface area contributed by atoms with Crippen molar-refractivity contribution >= 4 is 34.9 Å². The number of benzene rings is 1. The maximum Gasteiger partial charge on any atom is 0.425 e. The lowest BCUT2D eigenvalue weighted by Crippen LogP contribution is -2.47. The Kier molecular flexibility index (Phi) is 9.66. The minimum absolute atomic E-state index is 0.123. The minimum atomic E-state index is -1.23. The molecule has 1 aromatic carbocycles. The van der Waals surface area contributed by atoms with E-state index in [1.807, 2.05) is 11.0 Å². The molecule has 13 nitrogen and oxygen atoms in total. The van der Waals surface area contributed by atoms with Gasteiger partial charge in [0.15, 0.2) is 28.6 Å². The maximum absolute atomic E-state index is 14.3. The van der Waals surface area contributed by atoms with Gasteiger partial charge in [-0.05, 0) is 96.3 Å². The number of carbonyl (C=O) groups is 2. The Morgan fingerprint density at radius 3 is 2.31 bits per heavy atom. The predicted molar refractivity (Wildman–Crippen MR) is 189 cm³/mol. The van der Waals surface area contributed by atoms with Crippen LogP contribution in [0.5, 0.6) is 0 Å². The molecular formula is C37H40F2N8O5. The topological polar surface area (TPSA) is 149 Å². The number of aromatic nitrogens is 6. The lowest BCUT2D eigenvalue weighted by molar-refractivity contribution is 0.0177. The van der Waals surface area contributed by atoms with E-state index >= 15 is 0 Å². The Hall–Kier alpha value is -5.57. The molecule has 15 heteroatoms. The summed E-state index contributed by atoms with van der Waals surface area (Å²) in [6.07, 6.45) is 5.14. The zero-order valence-corrected chi connectivity index (χ0v) is 29.8. The summed E-state index contributed by atoms with van der Waals surface area (Å²) < 4.78 is 41.0. The Balaban J connectivity index is 1.43. The van der Waals surface area contributed by atoms with Crippen molar-refractivity contribution in [1.29, 1.82) is 0 Å². The van der Waals surface area contributed by atoms with Crippen LogP contribution >= 0.6 is 0 Å². The molecule has 1 atom stereocenters. The van der Waals surface area contributed by atoms with Crippen molar-refractivity contribution in [2.45, 2.75) is 77.7 Å². The van der Waals surface area contributed by atoms with Gasteiger partial charge >= 0.3 is 12.2 Å². The lowest BCUT2D eigenvalue weighted by Gasteiger charge is -2.40. The van der Waals surface area contributed by atoms with Gasteiger partial charge in [-0.1, -0.05) is 6.07 Å². The van der Waals surface area contributed by atoms with Crippen LogP contribution in [0.25, 0.3) is 22.4 Å². The number of β-amino-alcohol motifs (C(OH)–C–C–N with tert-alkyl or cyclic N) is 1. The van der Waals surface area contributed by atoms with Crippen molar-refractivity contribution in [1.82, 2.24) is 29.5 Å². The Morgan fingerprint density at radius 2 is 1.65 bits per heavy atom. The highest BCUT2D eigenvalue weighted by atomic mass is 19.2. The van der Waals surface area contributed by atoms with Crippen molar-refractivity contribution < 1.29 is 33.0 Å². The van der Waals surface area contributed by atoms with E-state index in [-0.39, 0.29) is 30.1 Å². The molecule has 52 heavy (non-hydrogen) atoms. The van der Waals surface area contributed by atoms with E-state index in [1.165, 1.54) is 18.7 Å². The van der Waals surface area contributed by atoms with E-state index in [1.54, 1.807) is 76.7 Å². The predicted octanol–water partition coefficient (Wildman–Crippen LogP) is 6.77. The van der Waals surface area contributed by atoms with Gasteiger partial charge in [0.1, 0.15) is 23.1 Å². The van der Waals surface area contributed by atoms with Crippen molar-refractivity contribution in [3.8, 4) is 11.3 Å². The molecule has 4 aromatic heterocycles. The van der Waals surface area contributed by atoms with E-state index in [0.717, 1.165) is 12.1 Å². The number of halogens is 2. The highest BCUT2D eigenvalue weighted by molar-refractivity contribution is 6.12. The molecule has 1 aliphatic heterocycles. The van der Waals surface area contributed by atoms with Crippen LogP contribution in [-0.2, 0) is 21.6 Å². The van der Waals surface area contributed by atoms with E-state index in [2.05, 4.69) is 24.9 Å². The van der Waals surface area contributed by atoms with Crippen LogP contribution in [0.1, 0.15) is 65.6 Å². The standard InChI is InChI=1S/C37H40F2N8O5/c1-35(2,3)51-33(48)47(34(49)52-36(4,5)6)32-30-31(42-21-43-32)46(22-44-30)19-24-17-27(23-11-12-25(38)26(39)16-23)41-18-28(24)45-15-9-13-37(50,20-45)29-10-7-8-14-40-29/h7-8,10-12,14,16-18,21-22,50H,9,13,15,19-20H2,1-6H3. The molecule has 5 aromatic rings. The number of rotatable bonds is 6. The van der Waals surface area contributed by atoms with Crippen LogP contribution in [0.2, 0.25) is 0 Å². The van der Waals surface area contributed by atoms with Crippen molar-refractivity contribution in [2.75, 3.05) is 22.9 Å². The lowest BCUT2D eigenvalue weighted by atomic mass is 9.88. The summed E-state index contributed by atoms with van der Waals surface area (Å²) in [6.45, 7) is 11.0. The second kappa shape index (κ2) is 13.9. The summed E-state index contributed by atoms with van der Waals surface area (Å²) in [5, 5.41) is 11.8. The molecule has 1 saturated heterocycles. The van der Waals surface area contributed by atoms with Crippen LogP contribution in [0.4, 0.5) is 29.9 Å². The number of ether oxygens (including phenoxy) is 2. The van der Waals surface area contributed by atoms with Crippen LogP contribution in [0, 0.1) is 11.6 Å². The number of aliphatic hydroxyl groups is 1. The molecule has 0 bridgehead atoms. The number of imidazole rings is 1. The number of hydrogen-bond acceptors (Lipinski definition) is 11. The van der Waals surface area contributed by atoms with E-state index in [4.69, 9.17) is 9.47 Å². The summed E-state index contributed by atoms with van der Waals surface area (Å²) in [6, 6.07) is 10.7. The minimum Gasteiger partial charge on any atom is -0.443 e. The molecule has 2 amide bonds. The fraction of sp³-hybridized carbons (Fsp3) is 0.378. The van der Waals surface area contributed by atoms with Crippen LogP contribution < -0.4 is 9.80 Å². The normalized spacial score (nSPS) is 16.5. The first-order valence-corrected chi connectivity index (χ1v) is 16.8.